The van der Waals surface area contributed by atoms with Gasteiger partial charge in [0.05, 0.1) is 9.55 Å². The van der Waals surface area contributed by atoms with Crippen molar-refractivity contribution in [1.29, 1.82) is 0 Å². The summed E-state index contributed by atoms with van der Waals surface area (Å²) in [6.45, 7) is 10.3. The number of hydrogen-bond acceptors (Lipinski definition) is 1. The predicted molar refractivity (Wildman–Crippen MR) is 57.3 cm³/mol. The summed E-state index contributed by atoms with van der Waals surface area (Å²) >= 11 is 3.61. The topological polar surface area (TPSA) is 20.2 Å². The fraction of sp³-hybridized carbons (Fsp3) is 1.00. The lowest BCUT2D eigenvalue weighted by molar-refractivity contribution is 0.0597. The van der Waals surface area contributed by atoms with Crippen LogP contribution in [0.15, 0.2) is 0 Å². The van der Waals surface area contributed by atoms with Crippen LogP contribution in [-0.2, 0) is 0 Å². The van der Waals surface area contributed by atoms with E-state index in [2.05, 4.69) is 43.6 Å². The summed E-state index contributed by atoms with van der Waals surface area (Å²) < 4.78 is -0.195. The van der Waals surface area contributed by atoms with Gasteiger partial charge in [-0.15, -0.1) is 0 Å². The van der Waals surface area contributed by atoms with E-state index in [9.17, 15) is 5.11 Å². The van der Waals surface area contributed by atoms with Crippen molar-refractivity contribution in [3.05, 3.63) is 0 Å². The smallest absolute Gasteiger partial charge is 0.0575 e. The third-order valence-corrected chi connectivity index (χ3v) is 6.45. The Kier molecular flexibility index (Phi) is 3.03. The Hall–Kier alpha value is 0.657. The maximum atomic E-state index is 9.90. The third kappa shape index (κ3) is 2.29. The van der Waals surface area contributed by atoms with E-state index < -0.39 is 5.22 Å². The van der Waals surface area contributed by atoms with E-state index in [0.29, 0.717) is 0 Å². The van der Waals surface area contributed by atoms with Gasteiger partial charge in [0, 0.05) is 10.2 Å². The molecule has 0 amide bonds. The number of rotatable bonds is 1. The first kappa shape index (κ1) is 11.7. The number of alkyl halides is 1. The summed E-state index contributed by atoms with van der Waals surface area (Å²) in [5.74, 6) is 0. The molecule has 1 N–H and O–H groups in total. The summed E-state index contributed by atoms with van der Waals surface area (Å²) in [4.78, 5) is 0. The van der Waals surface area contributed by atoms with Crippen molar-refractivity contribution in [2.75, 3.05) is 0 Å². The standard InChI is InChI=1S/C8H19BrOSi/c1-6(2,3)7(4,9)8(5,10)11/h10H,1-5,11H3. The summed E-state index contributed by atoms with van der Waals surface area (Å²) in [6, 6.07) is 0. The normalized spacial score (nSPS) is 24.3. The van der Waals surface area contributed by atoms with Crippen molar-refractivity contribution in [2.45, 2.75) is 44.2 Å². The molecule has 2 atom stereocenters. The second kappa shape index (κ2) is 2.86. The van der Waals surface area contributed by atoms with Gasteiger partial charge in [-0.3, -0.25) is 0 Å². The molecule has 0 aromatic carbocycles. The summed E-state index contributed by atoms with van der Waals surface area (Å²) in [6.07, 6.45) is 0. The molecule has 0 aromatic rings. The fourth-order valence-electron chi connectivity index (χ4n) is 0.918. The van der Waals surface area contributed by atoms with Gasteiger partial charge < -0.3 is 5.11 Å². The van der Waals surface area contributed by atoms with Crippen molar-refractivity contribution >= 4 is 26.2 Å². The lowest BCUT2D eigenvalue weighted by Gasteiger charge is -2.45. The summed E-state index contributed by atoms with van der Waals surface area (Å²) in [5, 5.41) is 9.33. The van der Waals surface area contributed by atoms with Gasteiger partial charge in [0.25, 0.3) is 0 Å². The van der Waals surface area contributed by atoms with Crippen LogP contribution in [0.2, 0.25) is 0 Å². The van der Waals surface area contributed by atoms with Gasteiger partial charge in [-0.25, -0.2) is 0 Å². The van der Waals surface area contributed by atoms with E-state index in [-0.39, 0.29) is 9.74 Å². The Bertz CT molecular complexity index is 125. The number of halogens is 1. The number of aliphatic hydroxyl groups is 1. The first-order valence-electron chi connectivity index (χ1n) is 3.91. The molecule has 0 radical (unpaired) electrons. The molecule has 68 valence electrons. The molecule has 0 saturated carbocycles. The van der Waals surface area contributed by atoms with Crippen LogP contribution in [0.5, 0.6) is 0 Å². The Morgan fingerprint density at radius 2 is 1.36 bits per heavy atom. The molecule has 0 fully saturated rings. The summed E-state index contributed by atoms with van der Waals surface area (Å²) in [7, 11) is 0.776. The third-order valence-electron chi connectivity index (χ3n) is 2.56. The van der Waals surface area contributed by atoms with Gasteiger partial charge in [0.15, 0.2) is 0 Å². The lowest BCUT2D eigenvalue weighted by atomic mass is 9.78. The average Bonchev–Trinajstić information content (AvgIpc) is 1.58. The van der Waals surface area contributed by atoms with E-state index in [1.54, 1.807) is 0 Å². The molecule has 0 aliphatic heterocycles. The minimum Gasteiger partial charge on any atom is -0.393 e. The van der Waals surface area contributed by atoms with Crippen LogP contribution >= 0.6 is 15.9 Å². The maximum Gasteiger partial charge on any atom is 0.0575 e. The Morgan fingerprint density at radius 1 is 1.09 bits per heavy atom. The SMILES string of the molecule is CC(C)(C)C(C)(Br)C(C)(O)[SiH3]. The lowest BCUT2D eigenvalue weighted by Crippen LogP contribution is -2.53. The van der Waals surface area contributed by atoms with Gasteiger partial charge in [0.1, 0.15) is 0 Å². The molecule has 0 saturated heterocycles. The monoisotopic (exact) mass is 238 g/mol. The van der Waals surface area contributed by atoms with Crippen LogP contribution in [-0.4, -0.2) is 24.9 Å². The largest absolute Gasteiger partial charge is 0.393 e. The molecule has 0 rings (SSSR count). The van der Waals surface area contributed by atoms with E-state index in [1.165, 1.54) is 0 Å². The van der Waals surface area contributed by atoms with Gasteiger partial charge in [-0.2, -0.15) is 0 Å². The van der Waals surface area contributed by atoms with Gasteiger partial charge >= 0.3 is 0 Å². The van der Waals surface area contributed by atoms with Crippen LogP contribution in [0.3, 0.4) is 0 Å². The highest BCUT2D eigenvalue weighted by atomic mass is 79.9. The Balaban J connectivity index is 4.75. The first-order chi connectivity index (χ1) is 4.50. The van der Waals surface area contributed by atoms with Crippen molar-refractivity contribution < 1.29 is 5.11 Å². The first-order valence-corrected chi connectivity index (χ1v) is 5.71. The highest BCUT2D eigenvalue weighted by Gasteiger charge is 2.46. The average molecular weight is 239 g/mol. The maximum absolute atomic E-state index is 9.90. The van der Waals surface area contributed by atoms with Crippen LogP contribution in [0.25, 0.3) is 0 Å². The Morgan fingerprint density at radius 3 is 1.36 bits per heavy atom. The van der Waals surface area contributed by atoms with Crippen LogP contribution in [0, 0.1) is 5.41 Å². The zero-order valence-corrected chi connectivity index (χ0v) is 11.9. The molecule has 0 spiro atoms. The fourth-order valence-corrected chi connectivity index (χ4v) is 1.67. The molecule has 3 heteroatoms. The van der Waals surface area contributed by atoms with Gasteiger partial charge in [0.2, 0.25) is 0 Å². The second-order valence-corrected chi connectivity index (χ2v) is 8.35. The quantitative estimate of drug-likeness (QED) is 0.539. The second-order valence-electron chi connectivity index (χ2n) is 4.81. The molecule has 0 bridgehead atoms. The van der Waals surface area contributed by atoms with E-state index in [0.717, 1.165) is 10.2 Å². The van der Waals surface area contributed by atoms with Crippen LogP contribution in [0.4, 0.5) is 0 Å². The molecule has 0 aromatic heterocycles. The van der Waals surface area contributed by atoms with Crippen molar-refractivity contribution in [1.82, 2.24) is 0 Å². The molecule has 0 heterocycles. The van der Waals surface area contributed by atoms with E-state index >= 15 is 0 Å². The molecular weight excluding hydrogens is 220 g/mol. The van der Waals surface area contributed by atoms with E-state index in [1.807, 2.05) is 6.92 Å². The van der Waals surface area contributed by atoms with Crippen LogP contribution in [0.1, 0.15) is 34.6 Å². The van der Waals surface area contributed by atoms with Gasteiger partial charge in [-0.1, -0.05) is 36.7 Å². The molecule has 11 heavy (non-hydrogen) atoms. The Labute approximate surface area is 81.1 Å². The molecule has 2 unspecified atom stereocenters. The summed E-state index contributed by atoms with van der Waals surface area (Å²) in [5.41, 5.74) is 0.0816. The van der Waals surface area contributed by atoms with Crippen molar-refractivity contribution in [3.63, 3.8) is 0 Å². The molecule has 0 aliphatic rings. The minimum atomic E-state index is -0.564. The zero-order valence-electron chi connectivity index (χ0n) is 8.33. The van der Waals surface area contributed by atoms with Crippen molar-refractivity contribution in [2.24, 2.45) is 5.41 Å². The molecule has 0 aliphatic carbocycles. The van der Waals surface area contributed by atoms with E-state index in [4.69, 9.17) is 0 Å². The molecule has 1 nitrogen and oxygen atoms in total. The number of hydrogen-bond donors (Lipinski definition) is 1. The minimum absolute atomic E-state index is 0.0816. The predicted octanol–water partition coefficient (Wildman–Crippen LogP) is 1.26. The zero-order chi connectivity index (χ0) is 9.50. The van der Waals surface area contributed by atoms with Crippen molar-refractivity contribution in [3.8, 4) is 0 Å². The molecular formula is C8H19BrOSi. The highest BCUT2D eigenvalue weighted by molar-refractivity contribution is 9.10. The van der Waals surface area contributed by atoms with Crippen LogP contribution < -0.4 is 0 Å². The highest BCUT2D eigenvalue weighted by Crippen LogP contribution is 2.44. The van der Waals surface area contributed by atoms with Gasteiger partial charge in [-0.05, 0) is 19.3 Å².